The van der Waals surface area contributed by atoms with Crippen LogP contribution in [0.15, 0.2) is 47.6 Å². The van der Waals surface area contributed by atoms with Gasteiger partial charge in [-0.15, -0.1) is 0 Å². The van der Waals surface area contributed by atoms with E-state index >= 15 is 0 Å². The molecule has 2 heterocycles. The standard InChI is InChI=1S/C15H14ClN3O3S/c1-22-9-10-3-2-4-12(5-10)19-23(20,21)14-8-18-15-13(14)6-11(16)7-17-15/h2-8,19H,9H2,1H3,(H,17,18). The number of anilines is 1. The number of benzene rings is 1. The minimum atomic E-state index is -3.77. The number of fused-ring (bicyclic) bond motifs is 1. The first-order valence-electron chi connectivity index (χ1n) is 6.73. The van der Waals surface area contributed by atoms with E-state index in [9.17, 15) is 8.42 Å². The van der Waals surface area contributed by atoms with E-state index in [-0.39, 0.29) is 4.90 Å². The SMILES string of the molecule is COCc1cccc(NS(=O)(=O)c2c[nH]c3ncc(Cl)cc23)c1. The topological polar surface area (TPSA) is 84.1 Å². The van der Waals surface area contributed by atoms with Crippen LogP contribution in [0.2, 0.25) is 5.02 Å². The third-order valence-electron chi connectivity index (χ3n) is 3.24. The lowest BCUT2D eigenvalue weighted by molar-refractivity contribution is 0.185. The molecule has 0 saturated heterocycles. The number of H-pyrrole nitrogens is 1. The zero-order valence-electron chi connectivity index (χ0n) is 12.2. The molecule has 2 N–H and O–H groups in total. The predicted octanol–water partition coefficient (Wildman–Crippen LogP) is 3.16. The second-order valence-corrected chi connectivity index (χ2v) is 7.03. The number of aromatic nitrogens is 2. The van der Waals surface area contributed by atoms with Gasteiger partial charge in [0.25, 0.3) is 10.0 Å². The number of nitrogens with zero attached hydrogens (tertiary/aromatic N) is 1. The maximum atomic E-state index is 12.6. The van der Waals surface area contributed by atoms with Crippen molar-refractivity contribution in [1.29, 1.82) is 0 Å². The fourth-order valence-electron chi connectivity index (χ4n) is 2.28. The molecule has 0 amide bonds. The molecule has 0 spiro atoms. The highest BCUT2D eigenvalue weighted by atomic mass is 35.5. The summed E-state index contributed by atoms with van der Waals surface area (Å²) in [5.74, 6) is 0. The monoisotopic (exact) mass is 351 g/mol. The van der Waals surface area contributed by atoms with E-state index in [0.29, 0.717) is 28.4 Å². The molecule has 3 rings (SSSR count). The van der Waals surface area contributed by atoms with Crippen molar-refractivity contribution in [2.45, 2.75) is 11.5 Å². The van der Waals surface area contributed by atoms with Crippen molar-refractivity contribution >= 4 is 38.3 Å². The second kappa shape index (κ2) is 6.19. The van der Waals surface area contributed by atoms with Gasteiger partial charge in [-0.2, -0.15) is 0 Å². The summed E-state index contributed by atoms with van der Waals surface area (Å²) in [5.41, 5.74) is 1.79. The van der Waals surface area contributed by atoms with Crippen molar-refractivity contribution < 1.29 is 13.2 Å². The summed E-state index contributed by atoms with van der Waals surface area (Å²) in [5, 5.41) is 0.814. The lowest BCUT2D eigenvalue weighted by Gasteiger charge is -2.08. The Morgan fingerprint density at radius 2 is 2.17 bits per heavy atom. The fourth-order valence-corrected chi connectivity index (χ4v) is 3.64. The zero-order chi connectivity index (χ0) is 16.4. The Morgan fingerprint density at radius 1 is 1.35 bits per heavy atom. The smallest absolute Gasteiger partial charge is 0.264 e. The number of pyridine rings is 1. The Balaban J connectivity index is 1.97. The molecule has 0 aliphatic heterocycles. The first kappa shape index (κ1) is 15.8. The van der Waals surface area contributed by atoms with Gasteiger partial charge in [-0.3, -0.25) is 4.72 Å². The van der Waals surface area contributed by atoms with E-state index < -0.39 is 10.0 Å². The number of sulfonamides is 1. The number of aromatic amines is 1. The summed E-state index contributed by atoms with van der Waals surface area (Å²) >= 11 is 5.91. The van der Waals surface area contributed by atoms with Gasteiger partial charge in [0.1, 0.15) is 10.5 Å². The Morgan fingerprint density at radius 3 is 2.96 bits per heavy atom. The highest BCUT2D eigenvalue weighted by Gasteiger charge is 2.20. The Bertz CT molecular complexity index is 954. The highest BCUT2D eigenvalue weighted by molar-refractivity contribution is 7.93. The van der Waals surface area contributed by atoms with Crippen LogP contribution in [-0.4, -0.2) is 25.5 Å². The molecule has 3 aromatic rings. The molecule has 0 radical (unpaired) electrons. The predicted molar refractivity (Wildman–Crippen MR) is 89.1 cm³/mol. The van der Waals surface area contributed by atoms with Crippen molar-refractivity contribution in [3.8, 4) is 0 Å². The molecule has 0 bridgehead atoms. The number of hydrogen-bond acceptors (Lipinski definition) is 4. The minimum Gasteiger partial charge on any atom is -0.380 e. The van der Waals surface area contributed by atoms with Crippen LogP contribution >= 0.6 is 11.6 Å². The summed E-state index contributed by atoms with van der Waals surface area (Å²) in [6.45, 7) is 0.405. The Kier molecular flexibility index (Phi) is 4.25. The van der Waals surface area contributed by atoms with Gasteiger partial charge < -0.3 is 9.72 Å². The van der Waals surface area contributed by atoms with Crippen molar-refractivity contribution in [3.63, 3.8) is 0 Å². The lowest BCUT2D eigenvalue weighted by atomic mass is 10.2. The molecule has 120 valence electrons. The molecule has 0 aliphatic carbocycles. The molecule has 1 aromatic carbocycles. The second-order valence-electron chi connectivity index (χ2n) is 4.94. The summed E-state index contributed by atoms with van der Waals surface area (Å²) < 4.78 is 32.9. The molecule has 0 aliphatic rings. The van der Waals surface area contributed by atoms with Crippen molar-refractivity contribution in [2.75, 3.05) is 11.8 Å². The van der Waals surface area contributed by atoms with E-state index in [0.717, 1.165) is 5.56 Å². The lowest BCUT2D eigenvalue weighted by Crippen LogP contribution is -2.12. The fraction of sp³-hybridized carbons (Fsp3) is 0.133. The largest absolute Gasteiger partial charge is 0.380 e. The molecule has 0 fully saturated rings. The van der Waals surface area contributed by atoms with Crippen LogP contribution in [0.5, 0.6) is 0 Å². The molecular weight excluding hydrogens is 338 g/mol. The number of nitrogens with one attached hydrogen (secondary N) is 2. The van der Waals surface area contributed by atoms with Gasteiger partial charge in [0.05, 0.1) is 11.6 Å². The van der Waals surface area contributed by atoms with Crippen LogP contribution in [-0.2, 0) is 21.4 Å². The van der Waals surface area contributed by atoms with Crippen LogP contribution in [0.3, 0.4) is 0 Å². The molecule has 0 unspecified atom stereocenters. The summed E-state index contributed by atoms with van der Waals surface area (Å²) in [4.78, 5) is 6.99. The highest BCUT2D eigenvalue weighted by Crippen LogP contribution is 2.26. The molecule has 2 aromatic heterocycles. The Labute approximate surface area is 138 Å². The van der Waals surface area contributed by atoms with Crippen molar-refractivity contribution in [1.82, 2.24) is 9.97 Å². The van der Waals surface area contributed by atoms with Crippen LogP contribution in [0.25, 0.3) is 11.0 Å². The number of ether oxygens (including phenoxy) is 1. The number of rotatable bonds is 5. The maximum Gasteiger partial charge on any atom is 0.264 e. The number of hydrogen-bond donors (Lipinski definition) is 2. The van der Waals surface area contributed by atoms with Crippen LogP contribution in [0, 0.1) is 0 Å². The normalized spacial score (nSPS) is 11.7. The zero-order valence-corrected chi connectivity index (χ0v) is 13.8. The van der Waals surface area contributed by atoms with Gasteiger partial charge >= 0.3 is 0 Å². The van der Waals surface area contributed by atoms with E-state index in [4.69, 9.17) is 16.3 Å². The quantitative estimate of drug-likeness (QED) is 0.739. The molecule has 0 atom stereocenters. The third-order valence-corrected chi connectivity index (χ3v) is 4.87. The molecule has 6 nitrogen and oxygen atoms in total. The first-order chi connectivity index (χ1) is 11.0. The van der Waals surface area contributed by atoms with Crippen molar-refractivity contribution in [2.24, 2.45) is 0 Å². The van der Waals surface area contributed by atoms with Gasteiger partial charge in [-0.05, 0) is 23.8 Å². The van der Waals surface area contributed by atoms with Gasteiger partial charge in [0, 0.05) is 30.6 Å². The molecular formula is C15H14ClN3O3S. The number of methoxy groups -OCH3 is 1. The summed E-state index contributed by atoms with van der Waals surface area (Å²) in [6.07, 6.45) is 2.85. The molecule has 0 saturated carbocycles. The van der Waals surface area contributed by atoms with Gasteiger partial charge in [0.15, 0.2) is 0 Å². The first-order valence-corrected chi connectivity index (χ1v) is 8.59. The van der Waals surface area contributed by atoms with Crippen LogP contribution < -0.4 is 4.72 Å². The van der Waals surface area contributed by atoms with Crippen LogP contribution in [0.4, 0.5) is 5.69 Å². The molecule has 23 heavy (non-hydrogen) atoms. The average Bonchev–Trinajstić information content (AvgIpc) is 2.91. The van der Waals surface area contributed by atoms with Gasteiger partial charge in [-0.25, -0.2) is 13.4 Å². The molecule has 8 heteroatoms. The van der Waals surface area contributed by atoms with Gasteiger partial charge in [0.2, 0.25) is 0 Å². The van der Waals surface area contributed by atoms with Crippen LogP contribution in [0.1, 0.15) is 5.56 Å². The van der Waals surface area contributed by atoms with Crippen molar-refractivity contribution in [3.05, 3.63) is 53.3 Å². The summed E-state index contributed by atoms with van der Waals surface area (Å²) in [6, 6.07) is 8.59. The number of halogens is 1. The van der Waals surface area contributed by atoms with E-state index in [1.165, 1.54) is 12.4 Å². The van der Waals surface area contributed by atoms with E-state index in [1.54, 1.807) is 31.4 Å². The maximum absolute atomic E-state index is 12.6. The minimum absolute atomic E-state index is 0.0969. The average molecular weight is 352 g/mol. The van der Waals surface area contributed by atoms with Gasteiger partial charge in [-0.1, -0.05) is 23.7 Å². The van der Waals surface area contributed by atoms with E-state index in [1.807, 2.05) is 6.07 Å². The van der Waals surface area contributed by atoms with E-state index in [2.05, 4.69) is 14.7 Å². The Hall–Kier alpha value is -2.09. The third kappa shape index (κ3) is 3.31. The summed E-state index contributed by atoms with van der Waals surface area (Å²) in [7, 11) is -2.18.